The molecule has 0 saturated carbocycles. The molecule has 0 atom stereocenters. The van der Waals surface area contributed by atoms with E-state index in [1.54, 1.807) is 40.7 Å². The molecule has 0 radical (unpaired) electrons. The van der Waals surface area contributed by atoms with Crippen molar-refractivity contribution in [3.05, 3.63) is 53.9 Å². The molecule has 1 saturated heterocycles. The minimum absolute atomic E-state index is 0.223. The van der Waals surface area contributed by atoms with Crippen LogP contribution >= 0.6 is 11.3 Å². The van der Waals surface area contributed by atoms with Crippen molar-refractivity contribution in [3.63, 3.8) is 0 Å². The van der Waals surface area contributed by atoms with Crippen LogP contribution in [-0.2, 0) is 10.0 Å². The van der Waals surface area contributed by atoms with Gasteiger partial charge in [-0.15, -0.1) is 11.3 Å². The largest absolute Gasteiger partial charge is 0.508 e. The van der Waals surface area contributed by atoms with Gasteiger partial charge in [-0.2, -0.15) is 4.31 Å². The summed E-state index contributed by atoms with van der Waals surface area (Å²) in [7, 11) is -3.39. The van der Waals surface area contributed by atoms with E-state index in [9.17, 15) is 13.5 Å². The molecular formula is C19H18N2O3S2. The van der Waals surface area contributed by atoms with Gasteiger partial charge in [0.25, 0.3) is 0 Å². The minimum Gasteiger partial charge on any atom is -0.508 e. The summed E-state index contributed by atoms with van der Waals surface area (Å²) in [4.78, 5) is 4.96. The van der Waals surface area contributed by atoms with Gasteiger partial charge in [0.15, 0.2) is 0 Å². The van der Waals surface area contributed by atoms with Crippen molar-refractivity contribution in [2.75, 3.05) is 13.1 Å². The zero-order valence-corrected chi connectivity index (χ0v) is 15.6. The summed E-state index contributed by atoms with van der Waals surface area (Å²) in [5.41, 5.74) is 2.63. The number of sulfonamides is 1. The SMILES string of the molecule is O=S(=O)(c1ccc(-c2csc(-c3ccc(O)cc3)n2)cc1)N1CCCC1. The number of nitrogens with zero attached hydrogens (tertiary/aromatic N) is 2. The fourth-order valence-corrected chi connectivity index (χ4v) is 5.37. The molecule has 1 N–H and O–H groups in total. The first-order chi connectivity index (χ1) is 12.5. The number of aromatic hydroxyl groups is 1. The fourth-order valence-electron chi connectivity index (χ4n) is 3.02. The summed E-state index contributed by atoms with van der Waals surface area (Å²) in [5, 5.41) is 12.2. The number of phenolic OH excluding ortho intramolecular Hbond substituents is 1. The highest BCUT2D eigenvalue weighted by Crippen LogP contribution is 2.30. The maximum Gasteiger partial charge on any atom is 0.243 e. The van der Waals surface area contributed by atoms with E-state index < -0.39 is 10.0 Å². The molecule has 0 spiro atoms. The second-order valence-electron chi connectivity index (χ2n) is 6.22. The third kappa shape index (κ3) is 3.25. The second kappa shape index (κ2) is 6.83. The lowest BCUT2D eigenvalue weighted by molar-refractivity contribution is 0.475. The third-order valence-corrected chi connectivity index (χ3v) is 7.28. The van der Waals surface area contributed by atoms with Gasteiger partial charge in [-0.3, -0.25) is 0 Å². The monoisotopic (exact) mass is 386 g/mol. The third-order valence-electron chi connectivity index (χ3n) is 4.47. The number of hydrogen-bond acceptors (Lipinski definition) is 5. The predicted molar refractivity (Wildman–Crippen MR) is 103 cm³/mol. The molecule has 2 aromatic carbocycles. The number of rotatable bonds is 4. The van der Waals surface area contributed by atoms with Crippen molar-refractivity contribution in [2.24, 2.45) is 0 Å². The molecule has 5 nitrogen and oxygen atoms in total. The highest BCUT2D eigenvalue weighted by atomic mass is 32.2. The molecule has 1 aliphatic heterocycles. The van der Waals surface area contributed by atoms with Crippen molar-refractivity contribution in [1.29, 1.82) is 0 Å². The van der Waals surface area contributed by atoms with E-state index in [1.165, 1.54) is 11.3 Å². The van der Waals surface area contributed by atoms with Gasteiger partial charge in [0.05, 0.1) is 10.6 Å². The van der Waals surface area contributed by atoms with Crippen LogP contribution in [0.1, 0.15) is 12.8 Å². The molecule has 0 amide bonds. The van der Waals surface area contributed by atoms with E-state index in [2.05, 4.69) is 4.98 Å². The van der Waals surface area contributed by atoms with Crippen LogP contribution in [0.15, 0.2) is 58.8 Å². The number of benzene rings is 2. The van der Waals surface area contributed by atoms with Crippen LogP contribution in [0.3, 0.4) is 0 Å². The topological polar surface area (TPSA) is 70.5 Å². The van der Waals surface area contributed by atoms with Gasteiger partial charge >= 0.3 is 0 Å². The van der Waals surface area contributed by atoms with E-state index in [0.717, 1.165) is 34.7 Å². The summed E-state index contributed by atoms with van der Waals surface area (Å²) in [5.74, 6) is 0.223. The Hall–Kier alpha value is -2.22. The maximum atomic E-state index is 12.6. The molecule has 3 aromatic rings. The van der Waals surface area contributed by atoms with Crippen molar-refractivity contribution in [2.45, 2.75) is 17.7 Å². The van der Waals surface area contributed by atoms with Gasteiger partial charge in [-0.1, -0.05) is 12.1 Å². The highest BCUT2D eigenvalue weighted by Gasteiger charge is 2.27. The van der Waals surface area contributed by atoms with Crippen molar-refractivity contribution >= 4 is 21.4 Å². The molecule has 134 valence electrons. The average Bonchev–Trinajstić information content (AvgIpc) is 3.35. The van der Waals surface area contributed by atoms with Gasteiger partial charge < -0.3 is 5.11 Å². The Morgan fingerprint density at radius 3 is 2.19 bits per heavy atom. The number of thiazole rings is 1. The summed E-state index contributed by atoms with van der Waals surface area (Å²) in [6.07, 6.45) is 1.85. The van der Waals surface area contributed by atoms with Gasteiger partial charge in [0.2, 0.25) is 10.0 Å². The molecule has 1 aromatic heterocycles. The van der Waals surface area contributed by atoms with Crippen LogP contribution in [-0.4, -0.2) is 35.9 Å². The quantitative estimate of drug-likeness (QED) is 0.737. The molecule has 0 bridgehead atoms. The molecule has 0 aliphatic carbocycles. The Morgan fingerprint density at radius 1 is 0.923 bits per heavy atom. The Kier molecular flexibility index (Phi) is 4.52. The molecule has 0 unspecified atom stereocenters. The predicted octanol–water partition coefficient (Wildman–Crippen LogP) is 3.97. The molecule has 1 aliphatic rings. The lowest BCUT2D eigenvalue weighted by Crippen LogP contribution is -2.27. The van der Waals surface area contributed by atoms with Crippen molar-refractivity contribution < 1.29 is 13.5 Å². The van der Waals surface area contributed by atoms with E-state index in [-0.39, 0.29) is 5.75 Å². The van der Waals surface area contributed by atoms with Gasteiger partial charge in [-0.05, 0) is 49.2 Å². The Morgan fingerprint density at radius 2 is 1.54 bits per heavy atom. The number of aromatic nitrogens is 1. The summed E-state index contributed by atoms with van der Waals surface area (Å²) in [6.45, 7) is 1.21. The summed E-state index contributed by atoms with van der Waals surface area (Å²) in [6, 6.07) is 13.8. The average molecular weight is 386 g/mol. The smallest absolute Gasteiger partial charge is 0.243 e. The zero-order valence-electron chi connectivity index (χ0n) is 14.0. The van der Waals surface area contributed by atoms with E-state index in [1.807, 2.05) is 17.5 Å². The van der Waals surface area contributed by atoms with E-state index in [4.69, 9.17) is 0 Å². The molecule has 1 fully saturated rings. The first-order valence-electron chi connectivity index (χ1n) is 8.39. The number of phenols is 1. The Bertz CT molecular complexity index is 1000. The lowest BCUT2D eigenvalue weighted by Gasteiger charge is -2.15. The summed E-state index contributed by atoms with van der Waals surface area (Å²) >= 11 is 1.51. The Balaban J connectivity index is 1.58. The van der Waals surface area contributed by atoms with Crippen LogP contribution in [0.25, 0.3) is 21.8 Å². The first kappa shape index (κ1) is 17.2. The molecule has 4 rings (SSSR count). The zero-order chi connectivity index (χ0) is 18.1. The fraction of sp³-hybridized carbons (Fsp3) is 0.211. The van der Waals surface area contributed by atoms with Crippen molar-refractivity contribution in [3.8, 4) is 27.6 Å². The van der Waals surface area contributed by atoms with Gasteiger partial charge in [-0.25, -0.2) is 13.4 Å². The van der Waals surface area contributed by atoms with Crippen LogP contribution in [0.5, 0.6) is 5.75 Å². The molecule has 7 heteroatoms. The molecule has 2 heterocycles. The summed E-state index contributed by atoms with van der Waals surface area (Å²) < 4.78 is 26.7. The van der Waals surface area contributed by atoms with Gasteiger partial charge in [0.1, 0.15) is 10.8 Å². The highest BCUT2D eigenvalue weighted by molar-refractivity contribution is 7.89. The molecular weight excluding hydrogens is 368 g/mol. The number of hydrogen-bond donors (Lipinski definition) is 1. The normalized spacial score (nSPS) is 15.4. The van der Waals surface area contributed by atoms with Crippen LogP contribution in [0, 0.1) is 0 Å². The van der Waals surface area contributed by atoms with Gasteiger partial charge in [0, 0.05) is 29.6 Å². The van der Waals surface area contributed by atoms with Crippen LogP contribution in [0.4, 0.5) is 0 Å². The first-order valence-corrected chi connectivity index (χ1v) is 10.7. The van der Waals surface area contributed by atoms with Crippen LogP contribution in [0.2, 0.25) is 0 Å². The van der Waals surface area contributed by atoms with E-state index >= 15 is 0 Å². The standard InChI is InChI=1S/C19H18N2O3S2/c22-16-7-3-15(4-8-16)19-20-18(13-25-19)14-5-9-17(10-6-14)26(23,24)21-11-1-2-12-21/h3-10,13,22H,1-2,11-12H2. The maximum absolute atomic E-state index is 12.6. The van der Waals surface area contributed by atoms with E-state index in [0.29, 0.717) is 18.0 Å². The Labute approximate surface area is 156 Å². The molecule has 26 heavy (non-hydrogen) atoms. The van der Waals surface area contributed by atoms with Crippen molar-refractivity contribution in [1.82, 2.24) is 9.29 Å². The second-order valence-corrected chi connectivity index (χ2v) is 9.02. The lowest BCUT2D eigenvalue weighted by atomic mass is 10.2. The van der Waals surface area contributed by atoms with Crippen LogP contribution < -0.4 is 0 Å². The minimum atomic E-state index is -3.39.